The number of ether oxygens (including phenoxy) is 1. The van der Waals surface area contributed by atoms with E-state index in [4.69, 9.17) is 16.3 Å². The molecule has 1 aliphatic rings. The summed E-state index contributed by atoms with van der Waals surface area (Å²) in [4.78, 5) is 6.73. The molecule has 0 aromatic carbocycles. The minimum absolute atomic E-state index is 0.174. The lowest BCUT2D eigenvalue weighted by atomic mass is 10.1. The normalized spacial score (nSPS) is 22.6. The third-order valence-electron chi connectivity index (χ3n) is 3.13. The van der Waals surface area contributed by atoms with Crippen LogP contribution >= 0.6 is 11.6 Å². The molecule has 5 heteroatoms. The highest BCUT2D eigenvalue weighted by Gasteiger charge is 2.32. The molecule has 1 unspecified atom stereocenters. The van der Waals surface area contributed by atoms with Crippen molar-refractivity contribution in [2.75, 3.05) is 25.0 Å². The zero-order valence-corrected chi connectivity index (χ0v) is 12.8. The average molecular weight is 284 g/mol. The molecule has 106 valence electrons. The summed E-state index contributed by atoms with van der Waals surface area (Å²) in [5.74, 6) is 0.852. The van der Waals surface area contributed by atoms with E-state index in [0.717, 1.165) is 31.0 Å². The summed E-state index contributed by atoms with van der Waals surface area (Å²) in [5.41, 5.74) is 0.920. The second-order valence-electron chi connectivity index (χ2n) is 5.75. The first-order chi connectivity index (χ1) is 8.91. The van der Waals surface area contributed by atoms with Gasteiger partial charge in [-0.15, -0.1) is 0 Å². The smallest absolute Gasteiger partial charge is 0.147 e. The van der Waals surface area contributed by atoms with Gasteiger partial charge in [-0.25, -0.2) is 4.98 Å². The van der Waals surface area contributed by atoms with Gasteiger partial charge in [-0.3, -0.25) is 0 Å². The van der Waals surface area contributed by atoms with E-state index in [1.54, 1.807) is 0 Å². The second kappa shape index (κ2) is 5.65. The summed E-state index contributed by atoms with van der Waals surface area (Å²) in [6.45, 7) is 8.67. The number of nitrogens with zero attached hydrogens (tertiary/aromatic N) is 2. The third kappa shape index (κ3) is 3.59. The van der Waals surface area contributed by atoms with Crippen LogP contribution in [0.25, 0.3) is 0 Å². The van der Waals surface area contributed by atoms with Crippen molar-refractivity contribution in [1.29, 1.82) is 0 Å². The van der Waals surface area contributed by atoms with Crippen molar-refractivity contribution in [3.05, 3.63) is 22.8 Å². The first-order valence-electron chi connectivity index (χ1n) is 6.63. The highest BCUT2D eigenvalue weighted by Crippen LogP contribution is 2.29. The molecule has 1 fully saturated rings. The molecular formula is C14H22ClN3O. The van der Waals surface area contributed by atoms with Crippen molar-refractivity contribution in [1.82, 2.24) is 10.3 Å². The lowest BCUT2D eigenvalue weighted by Gasteiger charge is -2.42. The van der Waals surface area contributed by atoms with Gasteiger partial charge in [0.15, 0.2) is 0 Å². The summed E-state index contributed by atoms with van der Waals surface area (Å²) in [6.07, 6.45) is 2.06. The predicted molar refractivity (Wildman–Crippen MR) is 78.8 cm³/mol. The van der Waals surface area contributed by atoms with E-state index in [1.807, 2.05) is 19.3 Å². The second-order valence-corrected chi connectivity index (χ2v) is 6.16. The number of halogens is 1. The fourth-order valence-electron chi connectivity index (χ4n) is 2.62. The number of rotatable bonds is 3. The number of aromatic nitrogens is 1. The van der Waals surface area contributed by atoms with E-state index < -0.39 is 0 Å². The topological polar surface area (TPSA) is 37.4 Å². The van der Waals surface area contributed by atoms with Crippen LogP contribution in [-0.2, 0) is 11.3 Å². The molecule has 0 amide bonds. The molecular weight excluding hydrogens is 262 g/mol. The largest absolute Gasteiger partial charge is 0.369 e. The molecule has 0 radical (unpaired) electrons. The van der Waals surface area contributed by atoms with Gasteiger partial charge in [-0.05, 0) is 39.4 Å². The van der Waals surface area contributed by atoms with Crippen LogP contribution in [0.5, 0.6) is 0 Å². The first-order valence-corrected chi connectivity index (χ1v) is 7.01. The molecule has 1 aromatic heterocycles. The number of anilines is 1. The average Bonchev–Trinajstić information content (AvgIpc) is 2.26. The van der Waals surface area contributed by atoms with Crippen LogP contribution in [0.2, 0.25) is 5.02 Å². The third-order valence-corrected chi connectivity index (χ3v) is 3.41. The summed E-state index contributed by atoms with van der Waals surface area (Å²) in [7, 11) is 1.91. The summed E-state index contributed by atoms with van der Waals surface area (Å²) in [6, 6.07) is 1.98. The minimum Gasteiger partial charge on any atom is -0.369 e. The molecule has 0 bridgehead atoms. The minimum atomic E-state index is -0.174. The molecule has 1 N–H and O–H groups in total. The first kappa shape index (κ1) is 14.6. The van der Waals surface area contributed by atoms with Crippen LogP contribution in [0.3, 0.4) is 0 Å². The summed E-state index contributed by atoms with van der Waals surface area (Å²) in [5, 5.41) is 3.80. The number of nitrogens with one attached hydrogen (secondary N) is 1. The molecule has 1 atom stereocenters. The monoisotopic (exact) mass is 283 g/mol. The van der Waals surface area contributed by atoms with Gasteiger partial charge in [0.1, 0.15) is 5.82 Å². The van der Waals surface area contributed by atoms with Gasteiger partial charge in [0.2, 0.25) is 0 Å². The van der Waals surface area contributed by atoms with E-state index in [2.05, 4.69) is 36.0 Å². The van der Waals surface area contributed by atoms with Crippen LogP contribution < -0.4 is 10.2 Å². The van der Waals surface area contributed by atoms with E-state index in [-0.39, 0.29) is 11.7 Å². The summed E-state index contributed by atoms with van der Waals surface area (Å²) >= 11 is 6.37. The molecule has 0 aliphatic carbocycles. The van der Waals surface area contributed by atoms with Gasteiger partial charge in [-0.2, -0.15) is 0 Å². The quantitative estimate of drug-likeness (QED) is 0.925. The van der Waals surface area contributed by atoms with Gasteiger partial charge in [-0.1, -0.05) is 11.6 Å². The Balaban J connectivity index is 2.21. The van der Waals surface area contributed by atoms with Crippen molar-refractivity contribution in [2.45, 2.75) is 39.0 Å². The van der Waals surface area contributed by atoms with Crippen molar-refractivity contribution >= 4 is 17.4 Å². The standard InChI is InChI=1S/C14H22ClN3O/c1-10-8-18(9-14(2,3)19-10)13-12(15)5-11(6-16-4)7-17-13/h5,7,10,16H,6,8-9H2,1-4H3. The van der Waals surface area contributed by atoms with E-state index >= 15 is 0 Å². The van der Waals surface area contributed by atoms with Gasteiger partial charge in [0.05, 0.1) is 16.7 Å². The van der Waals surface area contributed by atoms with Crippen LogP contribution in [0.4, 0.5) is 5.82 Å². The molecule has 2 heterocycles. The zero-order valence-electron chi connectivity index (χ0n) is 12.0. The van der Waals surface area contributed by atoms with E-state index in [9.17, 15) is 0 Å². The van der Waals surface area contributed by atoms with Crippen molar-refractivity contribution in [3.63, 3.8) is 0 Å². The van der Waals surface area contributed by atoms with E-state index in [1.165, 1.54) is 0 Å². The molecule has 1 saturated heterocycles. The lowest BCUT2D eigenvalue weighted by Crippen LogP contribution is -2.52. The zero-order chi connectivity index (χ0) is 14.0. The van der Waals surface area contributed by atoms with Gasteiger partial charge < -0.3 is 15.0 Å². The Morgan fingerprint density at radius 3 is 2.89 bits per heavy atom. The maximum absolute atomic E-state index is 6.37. The Bertz CT molecular complexity index is 450. The SMILES string of the molecule is CNCc1cnc(N2CC(C)OC(C)(C)C2)c(Cl)c1. The van der Waals surface area contributed by atoms with Gasteiger partial charge in [0, 0.05) is 25.8 Å². The molecule has 2 rings (SSSR count). The highest BCUT2D eigenvalue weighted by atomic mass is 35.5. The molecule has 19 heavy (non-hydrogen) atoms. The fourth-order valence-corrected chi connectivity index (χ4v) is 2.93. The van der Waals surface area contributed by atoms with Crippen LogP contribution in [0.1, 0.15) is 26.3 Å². The number of morpholine rings is 1. The maximum Gasteiger partial charge on any atom is 0.147 e. The van der Waals surface area contributed by atoms with Crippen molar-refractivity contribution < 1.29 is 4.74 Å². The summed E-state index contributed by atoms with van der Waals surface area (Å²) < 4.78 is 5.90. The Morgan fingerprint density at radius 2 is 2.32 bits per heavy atom. The van der Waals surface area contributed by atoms with Gasteiger partial charge in [0.25, 0.3) is 0 Å². The maximum atomic E-state index is 6.37. The molecule has 1 aliphatic heterocycles. The fraction of sp³-hybridized carbons (Fsp3) is 0.643. The van der Waals surface area contributed by atoms with Crippen LogP contribution in [-0.4, -0.2) is 36.8 Å². The Kier molecular flexibility index (Phi) is 4.33. The van der Waals surface area contributed by atoms with Crippen LogP contribution in [0, 0.1) is 0 Å². The number of hydrogen-bond acceptors (Lipinski definition) is 4. The Morgan fingerprint density at radius 1 is 1.58 bits per heavy atom. The number of pyridine rings is 1. The molecule has 0 saturated carbocycles. The molecule has 0 spiro atoms. The molecule has 4 nitrogen and oxygen atoms in total. The van der Waals surface area contributed by atoms with Crippen LogP contribution in [0.15, 0.2) is 12.3 Å². The Labute approximate surface area is 120 Å². The predicted octanol–water partition coefficient (Wildman–Crippen LogP) is 2.46. The van der Waals surface area contributed by atoms with Gasteiger partial charge >= 0.3 is 0 Å². The van der Waals surface area contributed by atoms with E-state index in [0.29, 0.717) is 5.02 Å². The lowest BCUT2D eigenvalue weighted by molar-refractivity contribution is -0.0751. The number of hydrogen-bond donors (Lipinski definition) is 1. The highest BCUT2D eigenvalue weighted by molar-refractivity contribution is 6.33. The molecule has 1 aromatic rings. The van der Waals surface area contributed by atoms with Crippen molar-refractivity contribution in [3.8, 4) is 0 Å². The Hall–Kier alpha value is -0.840. The van der Waals surface area contributed by atoms with Crippen molar-refractivity contribution in [2.24, 2.45) is 0 Å².